The van der Waals surface area contributed by atoms with Gasteiger partial charge in [0, 0.05) is 0 Å². The molecule has 0 aliphatic heterocycles. The zero-order valence-corrected chi connectivity index (χ0v) is 9.22. The molecular weight excluding hydrogens is 223 g/mol. The minimum atomic E-state index is -1.91. The number of hydrogen-bond acceptors (Lipinski definition) is 3. The Morgan fingerprint density at radius 1 is 0.688 bits per heavy atom. The van der Waals surface area contributed by atoms with Crippen molar-refractivity contribution < 1.29 is 13.3 Å². The molecule has 4 heteroatoms. The van der Waals surface area contributed by atoms with Crippen LogP contribution in [0.3, 0.4) is 0 Å². The summed E-state index contributed by atoms with van der Waals surface area (Å²) in [6, 6.07) is 15.1. The van der Waals surface area contributed by atoms with Crippen LogP contribution in [0.1, 0.15) is 0 Å². The molecule has 3 nitrogen and oxygen atoms in total. The Morgan fingerprint density at radius 3 is 1.44 bits per heavy atom. The predicted molar refractivity (Wildman–Crippen MR) is 63.9 cm³/mol. The molecular formula is C12H9O3P. The van der Waals surface area contributed by atoms with Crippen LogP contribution in [-0.4, -0.2) is 4.89 Å². The predicted octanol–water partition coefficient (Wildman–Crippen LogP) is 4.05. The first-order valence-electron chi connectivity index (χ1n) is 4.87. The van der Waals surface area contributed by atoms with E-state index in [-0.39, 0.29) is 0 Å². The molecule has 0 amide bonds. The molecule has 6 aromatic rings. The van der Waals surface area contributed by atoms with Crippen LogP contribution in [0, 0.1) is 0 Å². The summed E-state index contributed by atoms with van der Waals surface area (Å²) in [4.78, 5) is 9.59. The fraction of sp³-hybridized carbons (Fsp3) is 0. The molecule has 6 rings (SSSR count). The summed E-state index contributed by atoms with van der Waals surface area (Å²) in [5.74, 6) is 0. The van der Waals surface area contributed by atoms with E-state index in [2.05, 4.69) is 0 Å². The van der Waals surface area contributed by atoms with Gasteiger partial charge >= 0.3 is 8.24 Å². The fourth-order valence-corrected chi connectivity index (χ4v) is 2.26. The lowest BCUT2D eigenvalue weighted by atomic mass is 10.1. The van der Waals surface area contributed by atoms with Gasteiger partial charge in [0.1, 0.15) is 11.2 Å². The van der Waals surface area contributed by atoms with E-state index in [1.165, 1.54) is 0 Å². The molecule has 0 aliphatic rings. The maximum atomic E-state index is 9.59. The van der Waals surface area contributed by atoms with Crippen LogP contribution in [0.5, 0.6) is 0 Å². The van der Waals surface area contributed by atoms with Gasteiger partial charge in [-0.3, -0.25) is 4.89 Å². The summed E-state index contributed by atoms with van der Waals surface area (Å²) in [5, 5.41) is 2.23. The summed E-state index contributed by atoms with van der Waals surface area (Å²) in [6.45, 7) is 0. The Labute approximate surface area is 92.6 Å². The molecule has 0 radical (unpaired) electrons. The Bertz CT molecular complexity index is 589. The summed E-state index contributed by atoms with van der Waals surface area (Å²) in [5.41, 5.74) is 1.22. The van der Waals surface area contributed by atoms with Crippen molar-refractivity contribution in [1.82, 2.24) is 0 Å². The summed E-state index contributed by atoms with van der Waals surface area (Å²) >= 11 is 0. The lowest BCUT2D eigenvalue weighted by Crippen LogP contribution is -1.67. The van der Waals surface area contributed by atoms with Crippen molar-refractivity contribution in [2.45, 2.75) is 0 Å². The monoisotopic (exact) mass is 232 g/mol. The van der Waals surface area contributed by atoms with Gasteiger partial charge in [-0.15, -0.1) is 0 Å². The third-order valence-corrected chi connectivity index (χ3v) is 3.14. The molecule has 0 aliphatic carbocycles. The molecule has 0 fully saturated rings. The van der Waals surface area contributed by atoms with Gasteiger partial charge in [-0.1, -0.05) is 24.3 Å². The fourth-order valence-electron chi connectivity index (χ4n) is 1.62. The summed E-state index contributed by atoms with van der Waals surface area (Å²) in [6.07, 6.45) is 0. The highest BCUT2D eigenvalue weighted by Gasteiger charge is 1.94. The maximum absolute atomic E-state index is 9.59. The quantitative estimate of drug-likeness (QED) is 0.636. The van der Waals surface area contributed by atoms with E-state index < -0.39 is 8.24 Å². The van der Waals surface area contributed by atoms with Crippen LogP contribution >= 0.6 is 8.24 Å². The minimum absolute atomic E-state index is 0.611. The van der Waals surface area contributed by atoms with Crippen molar-refractivity contribution >= 4 is 30.2 Å². The van der Waals surface area contributed by atoms with Crippen LogP contribution in [0.15, 0.2) is 56.9 Å². The average molecular weight is 232 g/mol. The van der Waals surface area contributed by atoms with Crippen LogP contribution < -0.4 is 0 Å². The van der Waals surface area contributed by atoms with Crippen LogP contribution in [0.4, 0.5) is 0 Å². The van der Waals surface area contributed by atoms with Gasteiger partial charge in [-0.05, 0) is 35.0 Å². The largest absolute Gasteiger partial charge is 0.400 e. The Kier molecular flexibility index (Phi) is 2.21. The highest BCUT2D eigenvalue weighted by Crippen LogP contribution is 2.24. The molecule has 0 saturated carbocycles. The van der Waals surface area contributed by atoms with Crippen molar-refractivity contribution in [3.8, 4) is 0 Å². The first-order chi connectivity index (χ1) is 7.81. The Morgan fingerprint density at radius 2 is 1.06 bits per heavy atom. The van der Waals surface area contributed by atoms with Gasteiger partial charge in [0.05, 0.1) is 0 Å². The number of hydrogen-bond donors (Lipinski definition) is 1. The molecule has 1 N–H and O–H groups in total. The molecule has 4 bridgehead atoms. The summed E-state index contributed by atoms with van der Waals surface area (Å²) < 4.78 is 10.5. The van der Waals surface area contributed by atoms with Crippen LogP contribution in [-0.2, 0) is 0 Å². The van der Waals surface area contributed by atoms with E-state index in [4.69, 9.17) is 8.39 Å². The van der Waals surface area contributed by atoms with E-state index in [1.807, 2.05) is 48.5 Å². The van der Waals surface area contributed by atoms with E-state index >= 15 is 0 Å². The van der Waals surface area contributed by atoms with Gasteiger partial charge in [0.2, 0.25) is 0 Å². The Balaban J connectivity index is 2.58. The third-order valence-electron chi connectivity index (χ3n) is 2.41. The molecule has 4 aromatic heterocycles. The molecule has 0 spiro atoms. The van der Waals surface area contributed by atoms with Gasteiger partial charge in [0.15, 0.2) is 0 Å². The maximum Gasteiger partial charge on any atom is 0.384 e. The van der Waals surface area contributed by atoms with Gasteiger partial charge in [-0.25, -0.2) is 0 Å². The smallest absolute Gasteiger partial charge is 0.384 e. The van der Waals surface area contributed by atoms with Crippen molar-refractivity contribution in [2.24, 2.45) is 0 Å². The highest BCUT2D eigenvalue weighted by molar-refractivity contribution is 7.30. The van der Waals surface area contributed by atoms with E-state index in [9.17, 15) is 4.89 Å². The van der Waals surface area contributed by atoms with E-state index in [1.54, 1.807) is 0 Å². The van der Waals surface area contributed by atoms with E-state index in [0.29, 0.717) is 11.2 Å². The zero-order chi connectivity index (χ0) is 11.0. The molecule has 0 saturated heterocycles. The molecule has 2 aromatic carbocycles. The second-order valence-corrected chi connectivity index (χ2v) is 4.31. The van der Waals surface area contributed by atoms with Crippen LogP contribution in [0.2, 0.25) is 0 Å². The lowest BCUT2D eigenvalue weighted by molar-refractivity contribution is 0.493. The van der Waals surface area contributed by atoms with Gasteiger partial charge < -0.3 is 8.39 Å². The Hall–Kier alpha value is -1.70. The van der Waals surface area contributed by atoms with Crippen molar-refractivity contribution in [3.05, 3.63) is 48.5 Å². The summed E-state index contributed by atoms with van der Waals surface area (Å²) in [7, 11) is -1.91. The number of benzene rings is 2. The molecule has 80 valence electrons. The first-order valence-corrected chi connectivity index (χ1v) is 6.00. The van der Waals surface area contributed by atoms with Crippen molar-refractivity contribution in [1.29, 1.82) is 0 Å². The normalized spacial score (nSPS) is 10.8. The van der Waals surface area contributed by atoms with E-state index in [0.717, 1.165) is 10.8 Å². The van der Waals surface area contributed by atoms with Crippen molar-refractivity contribution in [3.63, 3.8) is 0 Å². The van der Waals surface area contributed by atoms with Crippen molar-refractivity contribution in [2.75, 3.05) is 0 Å². The topological polar surface area (TPSA) is 46.5 Å². The van der Waals surface area contributed by atoms with Crippen LogP contribution in [0.25, 0.3) is 21.9 Å². The number of rotatable bonds is 0. The zero-order valence-electron chi connectivity index (χ0n) is 8.33. The first kappa shape index (κ1) is 9.52. The molecule has 0 unspecified atom stereocenters. The standard InChI is InChI=1S/C12H9O3P/c13-16-14-11-5-1-9(2-6-11)10-3-7-12(15-16)8-4-10/h1-8,13H. The molecule has 0 atom stereocenters. The molecule has 16 heavy (non-hydrogen) atoms. The SMILES string of the molecule is Op1oc2ccc(cc2)c2ccc(cc2)o1. The van der Waals surface area contributed by atoms with Gasteiger partial charge in [0.25, 0.3) is 0 Å². The lowest BCUT2D eigenvalue weighted by Gasteiger charge is -1.91. The highest BCUT2D eigenvalue weighted by atomic mass is 31.1. The van der Waals surface area contributed by atoms with Gasteiger partial charge in [-0.2, -0.15) is 0 Å². The average Bonchev–Trinajstić information content (AvgIpc) is 2.37. The second kappa shape index (κ2) is 3.71. The third kappa shape index (κ3) is 1.71. The molecule has 4 heterocycles. The minimum Gasteiger partial charge on any atom is -0.400 e. The second-order valence-electron chi connectivity index (χ2n) is 3.47.